The van der Waals surface area contributed by atoms with Gasteiger partial charge >= 0.3 is 0 Å². The molecular formula is C14H19N5OS. The molecule has 0 spiro atoms. The number of nitrogens with zero attached hydrogens (tertiary/aromatic N) is 5. The van der Waals surface area contributed by atoms with Crippen LogP contribution < -0.4 is 0 Å². The molecule has 3 rings (SSSR count). The molecule has 0 aromatic carbocycles. The van der Waals surface area contributed by atoms with Crippen LogP contribution in [-0.2, 0) is 19.5 Å². The molecular weight excluding hydrogens is 286 g/mol. The summed E-state index contributed by atoms with van der Waals surface area (Å²) in [4.78, 5) is 19.8. The SMILES string of the molecule is CCCc1nc(C)c(C(=O)N2CCn3c(C)nnc3C2)s1. The molecule has 0 saturated carbocycles. The third-order valence-electron chi connectivity index (χ3n) is 3.72. The van der Waals surface area contributed by atoms with E-state index >= 15 is 0 Å². The van der Waals surface area contributed by atoms with E-state index in [0.29, 0.717) is 13.1 Å². The first-order valence-electron chi connectivity index (χ1n) is 7.24. The second kappa shape index (κ2) is 5.55. The number of aryl methyl sites for hydroxylation is 3. The molecule has 0 aliphatic carbocycles. The van der Waals surface area contributed by atoms with Crippen molar-refractivity contribution in [2.75, 3.05) is 6.54 Å². The minimum Gasteiger partial charge on any atom is -0.329 e. The molecule has 112 valence electrons. The molecule has 7 heteroatoms. The molecule has 0 N–H and O–H groups in total. The van der Waals surface area contributed by atoms with E-state index in [9.17, 15) is 4.79 Å². The Bertz CT molecular complexity index is 675. The van der Waals surface area contributed by atoms with Crippen molar-refractivity contribution in [1.82, 2.24) is 24.6 Å². The largest absolute Gasteiger partial charge is 0.329 e. The molecule has 0 atom stereocenters. The smallest absolute Gasteiger partial charge is 0.266 e. The quantitative estimate of drug-likeness (QED) is 0.869. The van der Waals surface area contributed by atoms with E-state index in [-0.39, 0.29) is 5.91 Å². The summed E-state index contributed by atoms with van der Waals surface area (Å²) in [5, 5.41) is 9.27. The molecule has 0 radical (unpaired) electrons. The first-order chi connectivity index (χ1) is 10.1. The number of rotatable bonds is 3. The minimum atomic E-state index is 0.0688. The average molecular weight is 305 g/mol. The van der Waals surface area contributed by atoms with Crippen LogP contribution in [0.5, 0.6) is 0 Å². The summed E-state index contributed by atoms with van der Waals surface area (Å²) >= 11 is 1.53. The predicted octanol–water partition coefficient (Wildman–Crippen LogP) is 1.96. The fraction of sp³-hybridized carbons (Fsp3) is 0.571. The van der Waals surface area contributed by atoms with Gasteiger partial charge in [0.2, 0.25) is 0 Å². The number of hydrogen-bond donors (Lipinski definition) is 0. The van der Waals surface area contributed by atoms with Gasteiger partial charge in [-0.1, -0.05) is 6.92 Å². The van der Waals surface area contributed by atoms with Crippen molar-refractivity contribution >= 4 is 17.2 Å². The summed E-state index contributed by atoms with van der Waals surface area (Å²) in [6.07, 6.45) is 1.99. The first kappa shape index (κ1) is 14.2. The number of amides is 1. The van der Waals surface area contributed by atoms with Gasteiger partial charge in [0.25, 0.3) is 5.91 Å². The lowest BCUT2D eigenvalue weighted by Crippen LogP contribution is -2.38. The van der Waals surface area contributed by atoms with Crippen LogP contribution in [0.3, 0.4) is 0 Å². The third kappa shape index (κ3) is 2.57. The van der Waals surface area contributed by atoms with Crippen molar-refractivity contribution in [3.63, 3.8) is 0 Å². The van der Waals surface area contributed by atoms with E-state index in [2.05, 4.69) is 26.7 Å². The molecule has 1 aliphatic heterocycles. The van der Waals surface area contributed by atoms with Gasteiger partial charge in [0.1, 0.15) is 10.7 Å². The maximum absolute atomic E-state index is 12.7. The molecule has 1 aliphatic rings. The standard InChI is InChI=1S/C14H19N5OS/c1-4-5-12-15-9(2)13(21-12)14(20)18-6-7-19-10(3)16-17-11(19)8-18/h4-8H2,1-3H3. The van der Waals surface area contributed by atoms with Crippen LogP contribution in [0.2, 0.25) is 0 Å². The molecule has 1 amide bonds. The van der Waals surface area contributed by atoms with E-state index in [0.717, 1.165) is 46.6 Å². The molecule has 21 heavy (non-hydrogen) atoms. The number of carbonyl (C=O) groups is 1. The zero-order chi connectivity index (χ0) is 15.0. The van der Waals surface area contributed by atoms with Gasteiger partial charge in [-0.3, -0.25) is 4.79 Å². The van der Waals surface area contributed by atoms with Crippen LogP contribution in [0.4, 0.5) is 0 Å². The van der Waals surface area contributed by atoms with Gasteiger partial charge in [-0.2, -0.15) is 0 Å². The van der Waals surface area contributed by atoms with Crippen LogP contribution in [0.1, 0.15) is 45.4 Å². The van der Waals surface area contributed by atoms with Crippen LogP contribution in [0, 0.1) is 13.8 Å². The maximum Gasteiger partial charge on any atom is 0.266 e. The normalized spacial score (nSPS) is 14.3. The number of hydrogen-bond acceptors (Lipinski definition) is 5. The summed E-state index contributed by atoms with van der Waals surface area (Å²) in [5.41, 5.74) is 0.844. The van der Waals surface area contributed by atoms with Crippen LogP contribution in [0.15, 0.2) is 0 Å². The Balaban J connectivity index is 1.80. The molecule has 0 saturated heterocycles. The maximum atomic E-state index is 12.7. The van der Waals surface area contributed by atoms with Gasteiger partial charge in [-0.25, -0.2) is 4.98 Å². The van der Waals surface area contributed by atoms with E-state index in [1.54, 1.807) is 0 Å². The van der Waals surface area contributed by atoms with Crippen molar-refractivity contribution < 1.29 is 4.79 Å². The van der Waals surface area contributed by atoms with Crippen molar-refractivity contribution in [2.24, 2.45) is 0 Å². The third-order valence-corrected chi connectivity index (χ3v) is 4.93. The monoisotopic (exact) mass is 305 g/mol. The lowest BCUT2D eigenvalue weighted by molar-refractivity contribution is 0.0710. The summed E-state index contributed by atoms with van der Waals surface area (Å²) in [7, 11) is 0. The lowest BCUT2D eigenvalue weighted by atomic mass is 10.3. The molecule has 6 nitrogen and oxygen atoms in total. The Kier molecular flexibility index (Phi) is 3.75. The van der Waals surface area contributed by atoms with Crippen molar-refractivity contribution in [1.29, 1.82) is 0 Å². The minimum absolute atomic E-state index is 0.0688. The lowest BCUT2D eigenvalue weighted by Gasteiger charge is -2.27. The summed E-state index contributed by atoms with van der Waals surface area (Å²) in [5.74, 6) is 1.85. The summed E-state index contributed by atoms with van der Waals surface area (Å²) in [6.45, 7) is 7.97. The highest BCUT2D eigenvalue weighted by Crippen LogP contribution is 2.23. The number of aromatic nitrogens is 4. The van der Waals surface area contributed by atoms with E-state index < -0.39 is 0 Å². The van der Waals surface area contributed by atoms with Crippen molar-refractivity contribution in [3.05, 3.63) is 27.2 Å². The highest BCUT2D eigenvalue weighted by molar-refractivity contribution is 7.13. The second-order valence-electron chi connectivity index (χ2n) is 5.31. The summed E-state index contributed by atoms with van der Waals surface area (Å²) in [6, 6.07) is 0. The van der Waals surface area contributed by atoms with E-state index in [4.69, 9.17) is 0 Å². The average Bonchev–Trinajstić information content (AvgIpc) is 3.02. The zero-order valence-corrected chi connectivity index (χ0v) is 13.4. The fourth-order valence-electron chi connectivity index (χ4n) is 2.59. The fourth-order valence-corrected chi connectivity index (χ4v) is 3.73. The van der Waals surface area contributed by atoms with E-state index in [1.807, 2.05) is 18.7 Å². The highest BCUT2D eigenvalue weighted by atomic mass is 32.1. The van der Waals surface area contributed by atoms with Gasteiger partial charge < -0.3 is 9.47 Å². The Labute approximate surface area is 127 Å². The van der Waals surface area contributed by atoms with Gasteiger partial charge in [-0.05, 0) is 26.7 Å². The molecule has 0 fully saturated rings. The molecule has 0 bridgehead atoms. The van der Waals surface area contributed by atoms with Gasteiger partial charge in [0.05, 0.1) is 17.2 Å². The number of carbonyl (C=O) groups excluding carboxylic acids is 1. The second-order valence-corrected chi connectivity index (χ2v) is 6.40. The first-order valence-corrected chi connectivity index (χ1v) is 8.06. The van der Waals surface area contributed by atoms with Gasteiger partial charge in [0, 0.05) is 13.1 Å². The number of fused-ring (bicyclic) bond motifs is 1. The number of thiazole rings is 1. The Morgan fingerprint density at radius 1 is 1.29 bits per heavy atom. The summed E-state index contributed by atoms with van der Waals surface area (Å²) < 4.78 is 2.08. The highest BCUT2D eigenvalue weighted by Gasteiger charge is 2.26. The van der Waals surface area contributed by atoms with Crippen molar-refractivity contribution in [3.8, 4) is 0 Å². The molecule has 2 aromatic heterocycles. The van der Waals surface area contributed by atoms with Crippen LogP contribution in [-0.4, -0.2) is 37.1 Å². The Morgan fingerprint density at radius 2 is 2.10 bits per heavy atom. The van der Waals surface area contributed by atoms with Crippen LogP contribution >= 0.6 is 11.3 Å². The molecule has 0 unspecified atom stereocenters. The van der Waals surface area contributed by atoms with Gasteiger partial charge in [-0.15, -0.1) is 21.5 Å². The zero-order valence-electron chi connectivity index (χ0n) is 12.6. The van der Waals surface area contributed by atoms with Crippen molar-refractivity contribution in [2.45, 2.75) is 46.7 Å². The predicted molar refractivity (Wildman–Crippen MR) is 80.3 cm³/mol. The van der Waals surface area contributed by atoms with Gasteiger partial charge in [0.15, 0.2) is 5.82 Å². The molecule has 2 aromatic rings. The van der Waals surface area contributed by atoms with Crippen LogP contribution in [0.25, 0.3) is 0 Å². The molecule has 3 heterocycles. The van der Waals surface area contributed by atoms with E-state index in [1.165, 1.54) is 11.3 Å². The Morgan fingerprint density at radius 3 is 2.86 bits per heavy atom. The topological polar surface area (TPSA) is 63.9 Å². The Hall–Kier alpha value is -1.76.